The number of rotatable bonds is 5. The largest absolute Gasteiger partial charge is 0.359 e. The van der Waals surface area contributed by atoms with E-state index < -0.39 is 0 Å². The van der Waals surface area contributed by atoms with Crippen molar-refractivity contribution in [2.24, 2.45) is 5.92 Å². The van der Waals surface area contributed by atoms with Gasteiger partial charge in [-0.05, 0) is 25.7 Å². The van der Waals surface area contributed by atoms with Crippen molar-refractivity contribution >= 4 is 5.82 Å². The number of aryl methyl sites for hydroxylation is 1. The summed E-state index contributed by atoms with van der Waals surface area (Å²) in [6, 6.07) is 0. The summed E-state index contributed by atoms with van der Waals surface area (Å²) in [5.41, 5.74) is 2.53. The highest BCUT2D eigenvalue weighted by molar-refractivity contribution is 5.49. The highest BCUT2D eigenvalue weighted by atomic mass is 15.2. The van der Waals surface area contributed by atoms with Gasteiger partial charge < -0.3 is 10.2 Å². The van der Waals surface area contributed by atoms with E-state index >= 15 is 0 Å². The molecule has 0 aromatic carbocycles. The summed E-state index contributed by atoms with van der Waals surface area (Å²) in [7, 11) is 2.15. The second-order valence-electron chi connectivity index (χ2n) is 5.90. The van der Waals surface area contributed by atoms with Crippen molar-refractivity contribution in [2.45, 2.75) is 46.6 Å². The van der Waals surface area contributed by atoms with E-state index in [1.807, 2.05) is 6.92 Å². The van der Waals surface area contributed by atoms with Crippen LogP contribution in [0, 0.1) is 12.8 Å². The van der Waals surface area contributed by atoms with Gasteiger partial charge in [0.15, 0.2) is 0 Å². The third-order valence-corrected chi connectivity index (χ3v) is 3.66. The maximum atomic E-state index is 4.66. The van der Waals surface area contributed by atoms with Crippen molar-refractivity contribution in [2.75, 3.05) is 25.0 Å². The summed E-state index contributed by atoms with van der Waals surface area (Å²) >= 11 is 0. The van der Waals surface area contributed by atoms with Crippen LogP contribution in [-0.2, 0) is 13.0 Å². The fraction of sp³-hybridized carbons (Fsp3) is 0.733. The Morgan fingerprint density at radius 1 is 1.32 bits per heavy atom. The summed E-state index contributed by atoms with van der Waals surface area (Å²) in [4.78, 5) is 11.5. The first kappa shape index (κ1) is 14.3. The quantitative estimate of drug-likeness (QED) is 0.884. The van der Waals surface area contributed by atoms with Crippen molar-refractivity contribution in [3.05, 3.63) is 17.1 Å². The smallest absolute Gasteiger partial charge is 0.136 e. The number of hydrogen-bond acceptors (Lipinski definition) is 4. The Kier molecular flexibility index (Phi) is 4.75. The first-order chi connectivity index (χ1) is 9.08. The molecule has 0 radical (unpaired) electrons. The number of aromatic nitrogens is 2. The zero-order chi connectivity index (χ0) is 13.8. The lowest BCUT2D eigenvalue weighted by molar-refractivity contribution is 0.552. The summed E-state index contributed by atoms with van der Waals surface area (Å²) in [6.45, 7) is 9.55. The predicted molar refractivity (Wildman–Crippen MR) is 79.5 cm³/mol. The molecule has 1 aromatic rings. The Morgan fingerprint density at radius 2 is 2.11 bits per heavy atom. The van der Waals surface area contributed by atoms with E-state index in [0.29, 0.717) is 0 Å². The van der Waals surface area contributed by atoms with Crippen molar-refractivity contribution in [1.29, 1.82) is 0 Å². The van der Waals surface area contributed by atoms with Gasteiger partial charge in [-0.3, -0.25) is 0 Å². The molecule has 4 nitrogen and oxygen atoms in total. The summed E-state index contributed by atoms with van der Waals surface area (Å²) in [5, 5.41) is 3.42. The van der Waals surface area contributed by atoms with Crippen molar-refractivity contribution < 1.29 is 0 Å². The van der Waals surface area contributed by atoms with Crippen molar-refractivity contribution in [3.8, 4) is 0 Å². The molecule has 2 rings (SSSR count). The maximum absolute atomic E-state index is 4.66. The molecule has 0 bridgehead atoms. The molecule has 19 heavy (non-hydrogen) atoms. The molecule has 0 saturated carbocycles. The Balaban J connectivity index is 2.12. The summed E-state index contributed by atoms with van der Waals surface area (Å²) < 4.78 is 0. The molecule has 0 spiro atoms. The number of anilines is 1. The molecular weight excluding hydrogens is 236 g/mol. The van der Waals surface area contributed by atoms with E-state index in [2.05, 4.69) is 41.1 Å². The molecule has 0 fully saturated rings. The van der Waals surface area contributed by atoms with E-state index in [1.54, 1.807) is 0 Å². The third-order valence-electron chi connectivity index (χ3n) is 3.66. The zero-order valence-electron chi connectivity index (χ0n) is 12.7. The van der Waals surface area contributed by atoms with E-state index in [9.17, 15) is 0 Å². The number of fused-ring (bicyclic) bond motifs is 1. The predicted octanol–water partition coefficient (Wildman–Crippen LogP) is 2.30. The minimum Gasteiger partial charge on any atom is -0.359 e. The topological polar surface area (TPSA) is 41.1 Å². The standard InChI is InChI=1S/C15H26N4/c1-11(2)6-5-9-19(4)15-13-10-16-8-7-14(13)17-12(3)18-15/h11,16H,5-10H2,1-4H3. The molecule has 1 aromatic heterocycles. The number of nitrogens with zero attached hydrogens (tertiary/aromatic N) is 3. The van der Waals surface area contributed by atoms with Crippen LogP contribution in [0.1, 0.15) is 43.8 Å². The minimum atomic E-state index is 0.774. The lowest BCUT2D eigenvalue weighted by Crippen LogP contribution is -2.30. The van der Waals surface area contributed by atoms with Crippen LogP contribution >= 0.6 is 0 Å². The monoisotopic (exact) mass is 262 g/mol. The fourth-order valence-electron chi connectivity index (χ4n) is 2.60. The third kappa shape index (κ3) is 3.66. The van der Waals surface area contributed by atoms with E-state index in [0.717, 1.165) is 43.6 Å². The van der Waals surface area contributed by atoms with Crippen LogP contribution in [0.4, 0.5) is 5.82 Å². The molecule has 0 atom stereocenters. The van der Waals surface area contributed by atoms with Gasteiger partial charge >= 0.3 is 0 Å². The van der Waals surface area contributed by atoms with Crippen LogP contribution < -0.4 is 10.2 Å². The van der Waals surface area contributed by atoms with Gasteiger partial charge in [0.05, 0.1) is 5.69 Å². The summed E-state index contributed by atoms with van der Waals surface area (Å²) in [5.74, 6) is 2.79. The average Bonchev–Trinajstić information content (AvgIpc) is 2.37. The zero-order valence-corrected chi connectivity index (χ0v) is 12.7. The minimum absolute atomic E-state index is 0.774. The van der Waals surface area contributed by atoms with E-state index in [1.165, 1.54) is 24.1 Å². The summed E-state index contributed by atoms with van der Waals surface area (Å²) in [6.07, 6.45) is 3.51. The van der Waals surface area contributed by atoms with Crippen LogP contribution in [0.25, 0.3) is 0 Å². The van der Waals surface area contributed by atoms with Gasteiger partial charge in [0.2, 0.25) is 0 Å². The van der Waals surface area contributed by atoms with E-state index in [-0.39, 0.29) is 0 Å². The number of nitrogens with one attached hydrogen (secondary N) is 1. The van der Waals surface area contributed by atoms with Gasteiger partial charge in [-0.1, -0.05) is 13.8 Å². The Bertz CT molecular complexity index is 428. The second-order valence-corrected chi connectivity index (χ2v) is 5.90. The van der Waals surface area contributed by atoms with Crippen LogP contribution in [-0.4, -0.2) is 30.1 Å². The molecule has 0 amide bonds. The lowest BCUT2D eigenvalue weighted by Gasteiger charge is -2.26. The van der Waals surface area contributed by atoms with Gasteiger partial charge in [-0.2, -0.15) is 0 Å². The molecule has 1 aliphatic heterocycles. The van der Waals surface area contributed by atoms with Crippen LogP contribution in [0.3, 0.4) is 0 Å². The molecule has 0 unspecified atom stereocenters. The average molecular weight is 262 g/mol. The van der Waals surface area contributed by atoms with Crippen LogP contribution in [0.15, 0.2) is 0 Å². The second kappa shape index (κ2) is 6.33. The van der Waals surface area contributed by atoms with Crippen molar-refractivity contribution in [3.63, 3.8) is 0 Å². The lowest BCUT2D eigenvalue weighted by atomic mass is 10.1. The molecule has 0 saturated heterocycles. The highest BCUT2D eigenvalue weighted by Gasteiger charge is 2.18. The Labute approximate surface area is 116 Å². The molecular formula is C15H26N4. The SMILES string of the molecule is Cc1nc2c(c(N(C)CCCC(C)C)n1)CNCC2. The Hall–Kier alpha value is -1.16. The fourth-order valence-corrected chi connectivity index (χ4v) is 2.60. The van der Waals surface area contributed by atoms with Crippen LogP contribution in [0.5, 0.6) is 0 Å². The first-order valence-electron chi connectivity index (χ1n) is 7.36. The first-order valence-corrected chi connectivity index (χ1v) is 7.36. The molecule has 106 valence electrons. The number of hydrogen-bond donors (Lipinski definition) is 1. The van der Waals surface area contributed by atoms with Gasteiger partial charge in [-0.15, -0.1) is 0 Å². The normalized spacial score (nSPS) is 14.6. The van der Waals surface area contributed by atoms with Crippen LogP contribution in [0.2, 0.25) is 0 Å². The molecule has 1 N–H and O–H groups in total. The van der Waals surface area contributed by atoms with Gasteiger partial charge in [0.25, 0.3) is 0 Å². The molecule has 0 aliphatic carbocycles. The highest BCUT2D eigenvalue weighted by Crippen LogP contribution is 2.23. The molecule has 4 heteroatoms. The van der Waals surface area contributed by atoms with Gasteiger partial charge in [0, 0.05) is 38.7 Å². The molecule has 2 heterocycles. The van der Waals surface area contributed by atoms with E-state index in [4.69, 9.17) is 0 Å². The van der Waals surface area contributed by atoms with Gasteiger partial charge in [0.1, 0.15) is 11.6 Å². The van der Waals surface area contributed by atoms with Crippen molar-refractivity contribution in [1.82, 2.24) is 15.3 Å². The molecule has 1 aliphatic rings. The van der Waals surface area contributed by atoms with Gasteiger partial charge in [-0.25, -0.2) is 9.97 Å². The maximum Gasteiger partial charge on any atom is 0.136 e. The Morgan fingerprint density at radius 3 is 2.84 bits per heavy atom.